The van der Waals surface area contributed by atoms with Crippen LogP contribution in [0.25, 0.3) is 0 Å². The van der Waals surface area contributed by atoms with E-state index in [9.17, 15) is 9.59 Å². The van der Waals surface area contributed by atoms with Gasteiger partial charge < -0.3 is 9.47 Å². The molecule has 0 saturated carbocycles. The van der Waals surface area contributed by atoms with Crippen LogP contribution in [0.3, 0.4) is 0 Å². The van der Waals surface area contributed by atoms with Crippen molar-refractivity contribution in [1.82, 2.24) is 0 Å². The van der Waals surface area contributed by atoms with Crippen molar-refractivity contribution in [1.29, 1.82) is 0 Å². The summed E-state index contributed by atoms with van der Waals surface area (Å²) < 4.78 is 9.34. The summed E-state index contributed by atoms with van der Waals surface area (Å²) in [5, 5.41) is 0. The zero-order valence-corrected chi connectivity index (χ0v) is 9.27. The number of hydrogen-bond donors (Lipinski definition) is 0. The molecule has 0 rings (SSSR count). The molecule has 5 heteroatoms. The average Bonchev–Trinajstić information content (AvgIpc) is 1.95. The average molecular weight is 208 g/mol. The van der Waals surface area contributed by atoms with Gasteiger partial charge in [-0.05, 0) is 18.8 Å². The molecule has 4 nitrogen and oxygen atoms in total. The SMILES string of the molecule is CC(=O)OCC(=O)OCS(C)(C)C. The maximum absolute atomic E-state index is 10.9. The standard InChI is InChI=1S/C8H16O4S/c1-7(9)11-5-8(10)12-6-13(2,3)4/h5-6H2,1-4H3. The van der Waals surface area contributed by atoms with Gasteiger partial charge in [-0.25, -0.2) is 14.8 Å². The molecule has 0 heterocycles. The number of carbonyl (C=O) groups excluding carboxylic acids is 2. The van der Waals surface area contributed by atoms with Crippen molar-refractivity contribution in [3.05, 3.63) is 0 Å². The second-order valence-corrected chi connectivity index (χ2v) is 7.92. The molecule has 0 radical (unpaired) electrons. The Morgan fingerprint density at radius 3 is 2.08 bits per heavy atom. The van der Waals surface area contributed by atoms with Crippen molar-refractivity contribution in [2.45, 2.75) is 6.92 Å². The molecular formula is C8H16O4S. The summed E-state index contributed by atoms with van der Waals surface area (Å²) in [7, 11) is -0.841. The first kappa shape index (κ1) is 12.3. The predicted molar refractivity (Wildman–Crippen MR) is 53.0 cm³/mol. The molecule has 0 N–H and O–H groups in total. The number of rotatable bonds is 4. The fourth-order valence-electron chi connectivity index (χ4n) is 0.445. The molecule has 78 valence electrons. The first-order chi connectivity index (χ1) is 5.81. The summed E-state index contributed by atoms with van der Waals surface area (Å²) in [6, 6.07) is 0. The highest BCUT2D eigenvalue weighted by atomic mass is 32.3. The molecule has 0 aromatic heterocycles. The van der Waals surface area contributed by atoms with Gasteiger partial charge in [0.25, 0.3) is 0 Å². The maximum Gasteiger partial charge on any atom is 0.345 e. The van der Waals surface area contributed by atoms with Crippen LogP contribution < -0.4 is 0 Å². The molecule has 0 aliphatic heterocycles. The predicted octanol–water partition coefficient (Wildman–Crippen LogP) is 0.744. The van der Waals surface area contributed by atoms with Gasteiger partial charge in [-0.1, -0.05) is 0 Å². The van der Waals surface area contributed by atoms with Crippen LogP contribution in [0.2, 0.25) is 0 Å². The van der Waals surface area contributed by atoms with Gasteiger partial charge in [-0.2, -0.15) is 0 Å². The van der Waals surface area contributed by atoms with E-state index < -0.39 is 22.0 Å². The maximum atomic E-state index is 10.9. The first-order valence-electron chi connectivity index (χ1n) is 3.76. The van der Waals surface area contributed by atoms with Gasteiger partial charge in [0, 0.05) is 6.92 Å². The Bertz CT molecular complexity index is 195. The van der Waals surface area contributed by atoms with Crippen molar-refractivity contribution in [3.8, 4) is 0 Å². The molecule has 0 saturated heterocycles. The Morgan fingerprint density at radius 2 is 1.69 bits per heavy atom. The highest BCUT2D eigenvalue weighted by Gasteiger charge is 2.09. The van der Waals surface area contributed by atoms with Crippen LogP contribution in [0, 0.1) is 0 Å². The summed E-state index contributed by atoms with van der Waals surface area (Å²) in [5.74, 6) is -0.551. The normalized spacial score (nSPS) is 12.0. The molecule has 0 amide bonds. The largest absolute Gasteiger partial charge is 0.454 e. The molecular weight excluding hydrogens is 192 g/mol. The monoisotopic (exact) mass is 208 g/mol. The Balaban J connectivity index is 3.58. The molecule has 0 aromatic rings. The van der Waals surface area contributed by atoms with Crippen LogP contribution in [0.1, 0.15) is 6.92 Å². The van der Waals surface area contributed by atoms with Gasteiger partial charge in [0.2, 0.25) is 0 Å². The number of ether oxygens (including phenoxy) is 2. The lowest BCUT2D eigenvalue weighted by molar-refractivity contribution is -0.156. The Hall–Kier alpha value is -0.710. The lowest BCUT2D eigenvalue weighted by atomic mass is 10.7. The Kier molecular flexibility index (Phi) is 4.83. The minimum Gasteiger partial charge on any atom is -0.454 e. The summed E-state index contributed by atoms with van der Waals surface area (Å²) in [4.78, 5) is 21.2. The minimum atomic E-state index is -0.841. The van der Waals surface area contributed by atoms with Crippen LogP contribution in [0.15, 0.2) is 0 Å². The highest BCUT2D eigenvalue weighted by molar-refractivity contribution is 8.32. The third kappa shape index (κ3) is 9.20. The Morgan fingerprint density at radius 1 is 1.15 bits per heavy atom. The van der Waals surface area contributed by atoms with E-state index in [0.29, 0.717) is 5.94 Å². The van der Waals surface area contributed by atoms with E-state index >= 15 is 0 Å². The van der Waals surface area contributed by atoms with E-state index in [4.69, 9.17) is 4.74 Å². The summed E-state index contributed by atoms with van der Waals surface area (Å²) in [6.45, 7) is 0.965. The van der Waals surface area contributed by atoms with Crippen molar-refractivity contribution in [2.75, 3.05) is 31.3 Å². The quantitative estimate of drug-likeness (QED) is 0.640. The third-order valence-electron chi connectivity index (χ3n) is 0.967. The fourth-order valence-corrected chi connectivity index (χ4v) is 0.930. The van der Waals surface area contributed by atoms with Gasteiger partial charge in [-0.3, -0.25) is 4.79 Å². The zero-order chi connectivity index (χ0) is 10.5. The molecule has 0 atom stereocenters. The van der Waals surface area contributed by atoms with E-state index in [-0.39, 0.29) is 6.61 Å². The molecule has 0 unspecified atom stereocenters. The van der Waals surface area contributed by atoms with Gasteiger partial charge in [-0.15, -0.1) is 0 Å². The van der Waals surface area contributed by atoms with Gasteiger partial charge in [0.05, 0.1) is 0 Å². The van der Waals surface area contributed by atoms with Crippen molar-refractivity contribution >= 4 is 22.0 Å². The second-order valence-electron chi connectivity index (χ2n) is 3.51. The molecule has 0 aliphatic rings. The van der Waals surface area contributed by atoms with Crippen molar-refractivity contribution < 1.29 is 19.1 Å². The van der Waals surface area contributed by atoms with E-state index in [1.807, 2.05) is 18.8 Å². The van der Waals surface area contributed by atoms with E-state index in [1.54, 1.807) is 0 Å². The van der Waals surface area contributed by atoms with Crippen LogP contribution >= 0.6 is 10.0 Å². The molecule has 0 bridgehead atoms. The summed E-state index contributed by atoms with van der Waals surface area (Å²) >= 11 is 0. The van der Waals surface area contributed by atoms with E-state index in [2.05, 4.69) is 4.74 Å². The topological polar surface area (TPSA) is 52.6 Å². The summed E-state index contributed by atoms with van der Waals surface area (Å²) in [5.41, 5.74) is 0. The van der Waals surface area contributed by atoms with Crippen LogP contribution in [0.4, 0.5) is 0 Å². The first-order valence-corrected chi connectivity index (χ1v) is 6.79. The van der Waals surface area contributed by atoms with Crippen molar-refractivity contribution in [3.63, 3.8) is 0 Å². The minimum absolute atomic E-state index is 0.287. The van der Waals surface area contributed by atoms with Gasteiger partial charge in [0.1, 0.15) is 5.94 Å². The van der Waals surface area contributed by atoms with Crippen LogP contribution in [0.5, 0.6) is 0 Å². The highest BCUT2D eigenvalue weighted by Crippen LogP contribution is 2.33. The van der Waals surface area contributed by atoms with E-state index in [0.717, 1.165) is 0 Å². The van der Waals surface area contributed by atoms with Crippen LogP contribution in [-0.2, 0) is 19.1 Å². The molecule has 0 aromatic carbocycles. The van der Waals surface area contributed by atoms with Crippen LogP contribution in [-0.4, -0.2) is 43.3 Å². The van der Waals surface area contributed by atoms with Crippen molar-refractivity contribution in [2.24, 2.45) is 0 Å². The lowest BCUT2D eigenvalue weighted by Gasteiger charge is -2.23. The number of esters is 2. The van der Waals surface area contributed by atoms with Gasteiger partial charge in [0.15, 0.2) is 6.61 Å². The zero-order valence-electron chi connectivity index (χ0n) is 8.46. The number of carbonyl (C=O) groups is 2. The second kappa shape index (κ2) is 5.11. The molecule has 13 heavy (non-hydrogen) atoms. The molecule has 0 fully saturated rings. The Labute approximate surface area is 79.9 Å². The smallest absolute Gasteiger partial charge is 0.345 e. The van der Waals surface area contributed by atoms with E-state index in [1.165, 1.54) is 6.92 Å². The molecule has 0 spiro atoms. The third-order valence-corrected chi connectivity index (χ3v) is 1.79. The fraction of sp³-hybridized carbons (Fsp3) is 0.750. The van der Waals surface area contributed by atoms with Gasteiger partial charge >= 0.3 is 11.9 Å². The molecule has 0 aliphatic carbocycles. The summed E-state index contributed by atoms with van der Waals surface area (Å²) in [6.07, 6.45) is 6.10. The lowest BCUT2D eigenvalue weighted by Crippen LogP contribution is -2.17. The number of hydrogen-bond acceptors (Lipinski definition) is 4.